The van der Waals surface area contributed by atoms with Crippen molar-refractivity contribution >= 4 is 63.2 Å². The van der Waals surface area contributed by atoms with Crippen molar-refractivity contribution in [3.63, 3.8) is 0 Å². The summed E-state index contributed by atoms with van der Waals surface area (Å²) < 4.78 is 6.06. The number of aromatic nitrogens is 3. The van der Waals surface area contributed by atoms with Crippen molar-refractivity contribution in [3.05, 3.63) is 11.9 Å². The van der Waals surface area contributed by atoms with E-state index in [1.807, 2.05) is 20.8 Å². The molecule has 4 atom stereocenters. The molecule has 0 saturated carbocycles. The predicted octanol–water partition coefficient (Wildman–Crippen LogP) is 1.22. The molecule has 4 unspecified atom stereocenters. The minimum Gasteiger partial charge on any atom is -0.396 e. The third-order valence-corrected chi connectivity index (χ3v) is 8.96. The first kappa shape index (κ1) is 52.0. The van der Waals surface area contributed by atoms with Gasteiger partial charge in [0.25, 0.3) is 7.98 Å². The molecule has 1 saturated heterocycles. The van der Waals surface area contributed by atoms with Crippen LogP contribution in [0.5, 0.6) is 0 Å². The third kappa shape index (κ3) is 25.6. The highest BCUT2D eigenvalue weighted by Crippen LogP contribution is 2.25. The maximum atomic E-state index is 13.0. The van der Waals surface area contributed by atoms with Crippen LogP contribution in [0.3, 0.4) is 0 Å². The first-order valence-corrected chi connectivity index (χ1v) is 19.2. The topological polar surface area (TPSA) is 216 Å². The average molecular weight is 764 g/mol. The zero-order valence-corrected chi connectivity index (χ0v) is 34.0. The number of Topliss-reactive ketones (excluding diaryl/α,β-unsaturated/α-hetero) is 1. The van der Waals surface area contributed by atoms with Crippen molar-refractivity contribution in [1.82, 2.24) is 30.4 Å². The molecule has 1 aliphatic heterocycles. The van der Waals surface area contributed by atoms with Gasteiger partial charge in [-0.1, -0.05) is 48.5 Å². The number of hydrogen-bond donors (Lipinski definition) is 4. The third-order valence-electron chi connectivity index (χ3n) is 7.64. The van der Waals surface area contributed by atoms with Crippen LogP contribution in [0.2, 0.25) is 0 Å². The first-order chi connectivity index (χ1) is 24.8. The molecular weight excluding hydrogens is 700 g/mol. The molecule has 2 heterocycles. The lowest BCUT2D eigenvalue weighted by molar-refractivity contribution is -0.138. The number of ketones is 1. The fraction of sp³-hybridized carbons (Fsp3) is 0.771. The molecule has 298 valence electrons. The first-order valence-electron chi connectivity index (χ1n) is 18.2. The summed E-state index contributed by atoms with van der Waals surface area (Å²) in [6, 6.07) is -1.87. The Morgan fingerprint density at radius 3 is 2.19 bits per heavy atom. The Labute approximate surface area is 323 Å². The van der Waals surface area contributed by atoms with E-state index in [1.165, 1.54) is 26.0 Å². The summed E-state index contributed by atoms with van der Waals surface area (Å²) in [5, 5.41) is 20.5. The molecule has 5 N–H and O–H groups in total. The monoisotopic (exact) mass is 763 g/mol. The van der Waals surface area contributed by atoms with Gasteiger partial charge in [-0.25, -0.2) is 0 Å². The maximum absolute atomic E-state index is 13.0. The van der Waals surface area contributed by atoms with Gasteiger partial charge in [0, 0.05) is 57.4 Å². The molecule has 1 aliphatic rings. The normalized spacial score (nSPS) is 15.4. The lowest BCUT2D eigenvalue weighted by Gasteiger charge is -2.24. The summed E-state index contributed by atoms with van der Waals surface area (Å²) >= 11 is 1.11. The van der Waals surface area contributed by atoms with E-state index in [0.717, 1.165) is 46.9 Å². The summed E-state index contributed by atoms with van der Waals surface area (Å²) in [6.45, 7) is 20.0. The molecule has 1 aromatic heterocycles. The summed E-state index contributed by atoms with van der Waals surface area (Å²) in [5.74, 6) is -0.122. The van der Waals surface area contributed by atoms with E-state index in [9.17, 15) is 28.8 Å². The summed E-state index contributed by atoms with van der Waals surface area (Å²) in [7, 11) is 9.95. The number of rotatable bonds is 21. The number of aliphatic hydroxyl groups is 1. The lowest BCUT2D eigenvalue weighted by atomic mass is 9.88. The van der Waals surface area contributed by atoms with Gasteiger partial charge < -0.3 is 31.0 Å². The van der Waals surface area contributed by atoms with Crippen LogP contribution >= 0.6 is 11.8 Å². The zero-order chi connectivity index (χ0) is 41.1. The Kier molecular flexibility index (Phi) is 29.7. The molecule has 0 aromatic carbocycles. The van der Waals surface area contributed by atoms with Crippen LogP contribution in [0.25, 0.3) is 0 Å². The molecule has 4 amide bonds. The fourth-order valence-electron chi connectivity index (χ4n) is 4.30. The Bertz CT molecular complexity index is 1220. The largest absolute Gasteiger partial charge is 0.396 e. The van der Waals surface area contributed by atoms with Crippen LogP contribution in [0, 0.1) is 23.7 Å². The maximum Gasteiger partial charge on any atom is 0.295 e. The van der Waals surface area contributed by atoms with Crippen LogP contribution in [0.15, 0.2) is 6.20 Å². The average Bonchev–Trinajstić information content (AvgIpc) is 3.61. The molecule has 0 bridgehead atoms. The van der Waals surface area contributed by atoms with E-state index in [1.54, 1.807) is 6.92 Å². The number of aliphatic hydroxyl groups excluding tert-OH is 1. The number of amides is 4. The van der Waals surface area contributed by atoms with E-state index in [-0.39, 0.29) is 66.8 Å². The van der Waals surface area contributed by atoms with Crippen molar-refractivity contribution in [3.8, 4) is 0 Å². The van der Waals surface area contributed by atoms with E-state index in [4.69, 9.17) is 23.6 Å². The number of nitrogens with one attached hydrogen (secondary N) is 2. The van der Waals surface area contributed by atoms with Crippen molar-refractivity contribution in [2.45, 2.75) is 112 Å². The quantitative estimate of drug-likeness (QED) is 0.0602. The number of imide groups is 1. The van der Waals surface area contributed by atoms with Gasteiger partial charge >= 0.3 is 0 Å². The van der Waals surface area contributed by atoms with E-state index in [2.05, 4.69) is 56.4 Å². The summed E-state index contributed by atoms with van der Waals surface area (Å²) in [6.07, 6.45) is 5.46. The molecule has 4 radical (unpaired) electrons. The minimum absolute atomic E-state index is 0.000685. The molecular formula is C35H63B2N7O8S. The lowest BCUT2D eigenvalue weighted by Crippen LogP contribution is -2.52. The van der Waals surface area contributed by atoms with Gasteiger partial charge in [-0.3, -0.25) is 33.6 Å². The van der Waals surface area contributed by atoms with Crippen LogP contribution in [-0.4, -0.2) is 132 Å². The van der Waals surface area contributed by atoms with Crippen LogP contribution in [-0.2, 0) is 39.9 Å². The molecule has 1 aromatic rings. The van der Waals surface area contributed by atoms with E-state index < -0.39 is 23.2 Å². The number of ether oxygens (including phenoxy) is 1. The number of nitrogens with two attached hydrogens (primary N) is 1. The summed E-state index contributed by atoms with van der Waals surface area (Å²) in [4.78, 5) is 71.0. The second-order valence-electron chi connectivity index (χ2n) is 13.7. The van der Waals surface area contributed by atoms with Gasteiger partial charge in [0.15, 0.2) is 13.6 Å². The number of hydrogen-bond acceptors (Lipinski definition) is 12. The smallest absolute Gasteiger partial charge is 0.295 e. The summed E-state index contributed by atoms with van der Waals surface area (Å²) in [5.41, 5.74) is 6.15. The number of carbonyl (C=O) groups excluding carboxylic acids is 6. The second kappa shape index (κ2) is 30.3. The number of nitrogens with zero attached hydrogens (tertiary/aromatic N) is 4. The highest BCUT2D eigenvalue weighted by molar-refractivity contribution is 8.00. The Morgan fingerprint density at radius 1 is 1.13 bits per heavy atom. The number of likely N-dealkylation sites (tertiary alicyclic amines) is 1. The molecule has 53 heavy (non-hydrogen) atoms. The fourth-order valence-corrected chi connectivity index (χ4v) is 5.43. The SMILES string of the molecule is CC(C)CCO.CCOCCCC(C)C.[B]C(C)=O.[B]n1ncc(CC(NC(=O)C(N)CSC2CC(=O)N(CCNC=O)C2=O)C(=O)C(C)C(C)C)n1. The molecule has 2 rings (SSSR count). The highest BCUT2D eigenvalue weighted by atomic mass is 32.2. The van der Waals surface area contributed by atoms with E-state index in [0.29, 0.717) is 24.6 Å². The van der Waals surface area contributed by atoms with Gasteiger partial charge in [0.1, 0.15) is 0 Å². The standard InChI is InChI=1S/C20H30BN7O5S.C8H18O.C5H12O.C2H3BO/c1-11(2)12(3)18(31)15(6-13-8-24-28(21)26-13)25-19(32)14(22)9-34-16-7-17(30)27(20(16)33)5-4-23-10-29;1-4-9-7-5-6-8(2)3;1-5(2)3-4-6;1-2(3)4/h8,10-12,14-16H,4-7,9,22H2,1-3H3,(H,23,29)(H,25,32);8H,4-7H2,1-3H3;5-6H,3-4H2,1-2H3;1H3. The van der Waals surface area contributed by atoms with Crippen LogP contribution < -0.4 is 16.4 Å². The van der Waals surface area contributed by atoms with E-state index >= 15 is 0 Å². The van der Waals surface area contributed by atoms with Gasteiger partial charge in [-0.2, -0.15) is 10.2 Å². The molecule has 15 nitrogen and oxygen atoms in total. The van der Waals surface area contributed by atoms with Crippen molar-refractivity contribution in [2.75, 3.05) is 38.7 Å². The minimum atomic E-state index is -1.01. The molecule has 0 spiro atoms. The predicted molar refractivity (Wildman–Crippen MR) is 209 cm³/mol. The van der Waals surface area contributed by atoms with Crippen molar-refractivity contribution in [1.29, 1.82) is 0 Å². The van der Waals surface area contributed by atoms with Crippen LogP contribution in [0.1, 0.15) is 93.7 Å². The van der Waals surface area contributed by atoms with Crippen molar-refractivity contribution < 1.29 is 38.6 Å². The Hall–Kier alpha value is -3.08. The van der Waals surface area contributed by atoms with Gasteiger partial charge in [-0.15, -0.1) is 11.8 Å². The molecule has 18 heteroatoms. The van der Waals surface area contributed by atoms with Gasteiger partial charge in [0.05, 0.1) is 34.9 Å². The Morgan fingerprint density at radius 2 is 1.74 bits per heavy atom. The van der Waals surface area contributed by atoms with Crippen LogP contribution in [0.4, 0.5) is 0 Å². The molecule has 0 aliphatic carbocycles. The second-order valence-corrected chi connectivity index (χ2v) is 14.9. The highest BCUT2D eigenvalue weighted by Gasteiger charge is 2.39. The number of carbonyl (C=O) groups is 6. The zero-order valence-electron chi connectivity index (χ0n) is 33.2. The van der Waals surface area contributed by atoms with Gasteiger partial charge in [0.2, 0.25) is 24.1 Å². The number of thioether (sulfide) groups is 1. The molecule has 1 fully saturated rings. The Balaban J connectivity index is 0. The van der Waals surface area contributed by atoms with Gasteiger partial charge in [-0.05, 0) is 50.9 Å². The van der Waals surface area contributed by atoms with Crippen molar-refractivity contribution in [2.24, 2.45) is 29.4 Å².